The van der Waals surface area contributed by atoms with Crippen LogP contribution in [0.25, 0.3) is 0 Å². The van der Waals surface area contributed by atoms with Crippen LogP contribution in [0.15, 0.2) is 58.3 Å². The van der Waals surface area contributed by atoms with Crippen molar-refractivity contribution in [3.8, 4) is 0 Å². The minimum absolute atomic E-state index is 0.131. The minimum atomic E-state index is -1.73. The first kappa shape index (κ1) is 19.0. The van der Waals surface area contributed by atoms with Crippen molar-refractivity contribution in [2.75, 3.05) is 0 Å². The first-order valence-corrected chi connectivity index (χ1v) is 8.81. The molecule has 1 N–H and O–H groups in total. The molecule has 1 heterocycles. The summed E-state index contributed by atoms with van der Waals surface area (Å²) in [6.07, 6.45) is 1.98. The van der Waals surface area contributed by atoms with Crippen LogP contribution in [-0.4, -0.2) is 32.4 Å². The van der Waals surface area contributed by atoms with Crippen LogP contribution < -0.4 is 11.2 Å². The van der Waals surface area contributed by atoms with Crippen molar-refractivity contribution in [1.29, 1.82) is 0 Å². The quantitative estimate of drug-likeness (QED) is 0.834. The zero-order chi connectivity index (χ0) is 19.7. The summed E-state index contributed by atoms with van der Waals surface area (Å²) in [5.41, 5.74) is -1.37. The first-order valence-electron chi connectivity index (χ1n) is 8.81. The SMILES string of the molecule is CC[C@H]1C=C[C@@H](n2cc(C)c(=O)n(C(=O)c3ccccc3)c2=O)[C@H](F)[C@@H]1O. The third-order valence-electron chi connectivity index (χ3n) is 4.95. The second-order valence-corrected chi connectivity index (χ2v) is 6.70. The highest BCUT2D eigenvalue weighted by atomic mass is 19.1. The molecule has 27 heavy (non-hydrogen) atoms. The van der Waals surface area contributed by atoms with Gasteiger partial charge >= 0.3 is 5.69 Å². The van der Waals surface area contributed by atoms with Crippen molar-refractivity contribution in [2.45, 2.75) is 38.6 Å². The molecule has 1 aromatic heterocycles. The number of benzene rings is 1. The van der Waals surface area contributed by atoms with Gasteiger partial charge in [0.25, 0.3) is 11.5 Å². The lowest BCUT2D eigenvalue weighted by molar-refractivity contribution is 0.0165. The molecule has 0 spiro atoms. The molecule has 3 rings (SSSR count). The molecule has 1 aromatic carbocycles. The normalized spacial score (nSPS) is 24.7. The lowest BCUT2D eigenvalue weighted by Crippen LogP contribution is -2.49. The van der Waals surface area contributed by atoms with Crippen LogP contribution in [0.3, 0.4) is 0 Å². The number of halogens is 1. The fourth-order valence-electron chi connectivity index (χ4n) is 3.34. The molecule has 0 radical (unpaired) electrons. The summed E-state index contributed by atoms with van der Waals surface area (Å²) in [4.78, 5) is 38.0. The van der Waals surface area contributed by atoms with E-state index in [2.05, 4.69) is 0 Å². The minimum Gasteiger partial charge on any atom is -0.389 e. The lowest BCUT2D eigenvalue weighted by atomic mass is 9.86. The topological polar surface area (TPSA) is 81.3 Å². The van der Waals surface area contributed by atoms with Crippen molar-refractivity contribution in [3.05, 3.63) is 80.6 Å². The summed E-state index contributed by atoms with van der Waals surface area (Å²) in [6, 6.07) is 6.85. The lowest BCUT2D eigenvalue weighted by Gasteiger charge is -2.32. The van der Waals surface area contributed by atoms with Gasteiger partial charge in [-0.1, -0.05) is 37.3 Å². The van der Waals surface area contributed by atoms with Gasteiger partial charge in [0.05, 0.1) is 12.1 Å². The zero-order valence-electron chi connectivity index (χ0n) is 15.1. The van der Waals surface area contributed by atoms with Crippen molar-refractivity contribution in [2.24, 2.45) is 5.92 Å². The number of aromatic nitrogens is 2. The molecule has 0 saturated heterocycles. The molecule has 0 fully saturated rings. The van der Waals surface area contributed by atoms with Crippen molar-refractivity contribution in [3.63, 3.8) is 0 Å². The Hall–Kier alpha value is -2.80. The van der Waals surface area contributed by atoms with E-state index in [1.165, 1.54) is 31.3 Å². The Bertz CT molecular complexity index is 993. The molecule has 0 unspecified atom stereocenters. The number of carbonyl (C=O) groups excluding carboxylic acids is 1. The van der Waals surface area contributed by atoms with Crippen LogP contribution in [0, 0.1) is 12.8 Å². The Balaban J connectivity index is 2.15. The predicted octanol–water partition coefficient (Wildman–Crippen LogP) is 1.84. The maximum atomic E-state index is 14.8. The molecular weight excluding hydrogens is 351 g/mol. The zero-order valence-corrected chi connectivity index (χ0v) is 15.1. The number of hydrogen-bond acceptors (Lipinski definition) is 4. The van der Waals surface area contributed by atoms with E-state index in [9.17, 15) is 23.9 Å². The summed E-state index contributed by atoms with van der Waals surface area (Å²) >= 11 is 0. The number of aliphatic hydroxyl groups is 1. The molecular formula is C20H21FN2O4. The van der Waals surface area contributed by atoms with Gasteiger partial charge in [0.1, 0.15) is 0 Å². The first-order chi connectivity index (χ1) is 12.9. The number of hydrogen-bond donors (Lipinski definition) is 1. The number of alkyl halides is 1. The molecule has 1 aliphatic rings. The highest BCUT2D eigenvalue weighted by Crippen LogP contribution is 2.30. The number of aliphatic hydroxyl groups excluding tert-OH is 1. The number of allylic oxidation sites excluding steroid dienone is 1. The second-order valence-electron chi connectivity index (χ2n) is 6.70. The van der Waals surface area contributed by atoms with Gasteiger partial charge in [-0.3, -0.25) is 14.2 Å². The molecule has 7 heteroatoms. The van der Waals surface area contributed by atoms with Crippen LogP contribution in [-0.2, 0) is 0 Å². The monoisotopic (exact) mass is 372 g/mol. The van der Waals surface area contributed by atoms with E-state index < -0.39 is 35.5 Å². The Labute approximate surface area is 155 Å². The average molecular weight is 372 g/mol. The maximum absolute atomic E-state index is 14.8. The molecule has 4 atom stereocenters. The third kappa shape index (κ3) is 3.30. The van der Waals surface area contributed by atoms with E-state index in [4.69, 9.17) is 0 Å². The number of carbonyl (C=O) groups is 1. The summed E-state index contributed by atoms with van der Waals surface area (Å²) < 4.78 is 16.3. The highest BCUT2D eigenvalue weighted by Gasteiger charge is 2.36. The van der Waals surface area contributed by atoms with Crippen LogP contribution in [0.1, 0.15) is 35.3 Å². The Morgan fingerprint density at radius 3 is 2.48 bits per heavy atom. The molecule has 1 aliphatic carbocycles. The van der Waals surface area contributed by atoms with Gasteiger partial charge in [-0.05, 0) is 25.5 Å². The average Bonchev–Trinajstić information content (AvgIpc) is 2.68. The molecule has 0 bridgehead atoms. The largest absolute Gasteiger partial charge is 0.389 e. The van der Waals surface area contributed by atoms with Crippen molar-refractivity contribution in [1.82, 2.24) is 9.13 Å². The number of nitrogens with zero attached hydrogens (tertiary/aromatic N) is 2. The summed E-state index contributed by atoms with van der Waals surface area (Å²) in [5, 5.41) is 10.2. The third-order valence-corrected chi connectivity index (χ3v) is 4.95. The highest BCUT2D eigenvalue weighted by molar-refractivity contribution is 5.95. The Morgan fingerprint density at radius 2 is 1.85 bits per heavy atom. The Morgan fingerprint density at radius 1 is 1.19 bits per heavy atom. The summed E-state index contributed by atoms with van der Waals surface area (Å²) in [5.74, 6) is -1.12. The molecule has 0 amide bonds. The molecule has 0 aliphatic heterocycles. The van der Waals surface area contributed by atoms with Crippen LogP contribution >= 0.6 is 0 Å². The predicted molar refractivity (Wildman–Crippen MR) is 98.7 cm³/mol. The van der Waals surface area contributed by atoms with Crippen LogP contribution in [0.5, 0.6) is 0 Å². The smallest absolute Gasteiger partial charge is 0.338 e. The van der Waals surface area contributed by atoms with E-state index in [1.54, 1.807) is 24.3 Å². The molecule has 0 saturated carbocycles. The fraction of sp³-hybridized carbons (Fsp3) is 0.350. The van der Waals surface area contributed by atoms with E-state index in [-0.39, 0.29) is 17.0 Å². The summed E-state index contributed by atoms with van der Waals surface area (Å²) in [7, 11) is 0. The van der Waals surface area contributed by atoms with E-state index >= 15 is 0 Å². The molecule has 2 aromatic rings. The van der Waals surface area contributed by atoms with Gasteiger partial charge in [0.15, 0.2) is 6.17 Å². The van der Waals surface area contributed by atoms with Crippen molar-refractivity contribution >= 4 is 5.91 Å². The number of aryl methyl sites for hydroxylation is 1. The van der Waals surface area contributed by atoms with Gasteiger partial charge in [-0.15, -0.1) is 0 Å². The standard InChI is InChI=1S/C20H21FN2O4/c1-3-13-9-10-15(16(21)17(13)24)22-11-12(2)18(25)23(20(22)27)19(26)14-7-5-4-6-8-14/h4-11,13,15-17,24H,3H2,1-2H3/t13-,15+,16-,17+/m0/s1. The van der Waals surface area contributed by atoms with Gasteiger partial charge in [-0.25, -0.2) is 9.18 Å². The van der Waals surface area contributed by atoms with Gasteiger partial charge in [0.2, 0.25) is 0 Å². The molecule has 142 valence electrons. The Kier molecular flexibility index (Phi) is 5.23. The van der Waals surface area contributed by atoms with E-state index in [1.807, 2.05) is 6.92 Å². The summed E-state index contributed by atoms with van der Waals surface area (Å²) in [6.45, 7) is 3.29. The van der Waals surface area contributed by atoms with Crippen LogP contribution in [0.2, 0.25) is 0 Å². The van der Waals surface area contributed by atoms with Crippen molar-refractivity contribution < 1.29 is 14.3 Å². The van der Waals surface area contributed by atoms with Gasteiger partial charge < -0.3 is 5.11 Å². The maximum Gasteiger partial charge on any atom is 0.338 e. The van der Waals surface area contributed by atoms with Gasteiger partial charge in [0, 0.05) is 23.2 Å². The second kappa shape index (κ2) is 7.44. The molecule has 6 nitrogen and oxygen atoms in total. The number of rotatable bonds is 3. The van der Waals surface area contributed by atoms with Gasteiger partial charge in [-0.2, -0.15) is 4.57 Å². The van der Waals surface area contributed by atoms with E-state index in [0.29, 0.717) is 11.0 Å². The fourth-order valence-corrected chi connectivity index (χ4v) is 3.34. The van der Waals surface area contributed by atoms with Crippen LogP contribution in [0.4, 0.5) is 4.39 Å². The van der Waals surface area contributed by atoms with E-state index in [0.717, 1.165) is 4.57 Å².